The monoisotopic (exact) mass is 338 g/mol. The summed E-state index contributed by atoms with van der Waals surface area (Å²) in [6.45, 7) is 1.99. The lowest BCUT2D eigenvalue weighted by Crippen LogP contribution is -2.29. The van der Waals surface area contributed by atoms with E-state index >= 15 is 0 Å². The van der Waals surface area contributed by atoms with Gasteiger partial charge < -0.3 is 4.74 Å². The van der Waals surface area contributed by atoms with Crippen molar-refractivity contribution in [3.8, 4) is 5.75 Å². The van der Waals surface area contributed by atoms with Crippen molar-refractivity contribution in [2.45, 2.75) is 13.0 Å². The van der Waals surface area contributed by atoms with Crippen LogP contribution in [0.3, 0.4) is 0 Å². The van der Waals surface area contributed by atoms with E-state index in [1.807, 2.05) is 25.1 Å². The number of hydrazine groups is 1. The van der Waals surface area contributed by atoms with Crippen LogP contribution in [0.1, 0.15) is 22.7 Å². The zero-order valence-corrected chi connectivity index (χ0v) is 12.9. The molecule has 5 heteroatoms. The van der Waals surface area contributed by atoms with Crippen molar-refractivity contribution in [3.05, 3.63) is 63.4 Å². The average Bonchev–Trinajstić information content (AvgIpc) is 2.45. The number of nitrogens with two attached hydrogens (primary N) is 1. The highest BCUT2D eigenvalue weighted by molar-refractivity contribution is 9.10. The Morgan fingerprint density at radius 2 is 2.00 bits per heavy atom. The van der Waals surface area contributed by atoms with E-state index in [1.54, 1.807) is 19.2 Å². The Hall–Kier alpha value is -1.43. The molecule has 0 aliphatic rings. The molecule has 0 radical (unpaired) electrons. The topological polar surface area (TPSA) is 47.3 Å². The van der Waals surface area contributed by atoms with Crippen LogP contribution in [0, 0.1) is 12.7 Å². The summed E-state index contributed by atoms with van der Waals surface area (Å²) in [6.07, 6.45) is 0. The molecule has 0 heterocycles. The number of aryl methyl sites for hydroxylation is 1. The van der Waals surface area contributed by atoms with Crippen LogP contribution >= 0.6 is 15.9 Å². The van der Waals surface area contributed by atoms with Crippen LogP contribution in [0.4, 0.5) is 4.39 Å². The maximum atomic E-state index is 13.3. The summed E-state index contributed by atoms with van der Waals surface area (Å²) >= 11 is 3.19. The van der Waals surface area contributed by atoms with Gasteiger partial charge in [-0.05, 0) is 63.8 Å². The van der Waals surface area contributed by atoms with Crippen LogP contribution in [-0.2, 0) is 0 Å². The predicted octanol–water partition coefficient (Wildman–Crippen LogP) is 3.46. The molecule has 20 heavy (non-hydrogen) atoms. The van der Waals surface area contributed by atoms with Crippen molar-refractivity contribution in [1.29, 1.82) is 0 Å². The van der Waals surface area contributed by atoms with Crippen LogP contribution < -0.4 is 16.0 Å². The lowest BCUT2D eigenvalue weighted by molar-refractivity contribution is 0.414. The molecule has 2 aromatic rings. The highest BCUT2D eigenvalue weighted by Crippen LogP contribution is 2.29. The maximum absolute atomic E-state index is 13.3. The van der Waals surface area contributed by atoms with E-state index in [2.05, 4.69) is 21.4 Å². The van der Waals surface area contributed by atoms with E-state index in [9.17, 15) is 4.39 Å². The lowest BCUT2D eigenvalue weighted by Gasteiger charge is -2.20. The minimum atomic E-state index is -0.295. The Balaban J connectivity index is 2.43. The molecule has 3 nitrogen and oxygen atoms in total. The molecular weight excluding hydrogens is 323 g/mol. The van der Waals surface area contributed by atoms with Gasteiger partial charge in [0.15, 0.2) is 0 Å². The van der Waals surface area contributed by atoms with Crippen LogP contribution in [0.2, 0.25) is 0 Å². The fourth-order valence-electron chi connectivity index (χ4n) is 2.16. The van der Waals surface area contributed by atoms with Crippen molar-refractivity contribution in [1.82, 2.24) is 5.43 Å². The highest BCUT2D eigenvalue weighted by Gasteiger charge is 2.16. The molecule has 0 aliphatic carbocycles. The molecule has 0 aromatic heterocycles. The largest absolute Gasteiger partial charge is 0.497 e. The zero-order chi connectivity index (χ0) is 14.7. The normalized spacial score (nSPS) is 12.2. The number of rotatable bonds is 4. The highest BCUT2D eigenvalue weighted by atomic mass is 79.9. The van der Waals surface area contributed by atoms with E-state index < -0.39 is 0 Å². The second-order valence-corrected chi connectivity index (χ2v) is 5.35. The standard InChI is InChI=1S/C15H16BrFN2O/c1-9-7-11(20-2)4-5-12(9)15(19-18)10-3-6-14(17)13(16)8-10/h3-8,15,19H,18H2,1-2H3. The van der Waals surface area contributed by atoms with Gasteiger partial charge in [-0.3, -0.25) is 5.84 Å². The van der Waals surface area contributed by atoms with Gasteiger partial charge in [0.1, 0.15) is 11.6 Å². The number of hydrogen-bond acceptors (Lipinski definition) is 3. The first-order chi connectivity index (χ1) is 9.56. The third kappa shape index (κ3) is 3.00. The van der Waals surface area contributed by atoms with Crippen molar-refractivity contribution in [2.75, 3.05) is 7.11 Å². The van der Waals surface area contributed by atoms with Crippen LogP contribution in [0.15, 0.2) is 40.9 Å². The second kappa shape index (κ2) is 6.35. The number of benzene rings is 2. The third-order valence-corrected chi connectivity index (χ3v) is 3.84. The van der Waals surface area contributed by atoms with E-state index in [4.69, 9.17) is 10.6 Å². The van der Waals surface area contributed by atoms with Gasteiger partial charge in [-0.1, -0.05) is 12.1 Å². The molecular formula is C15H16BrFN2O. The molecule has 3 N–H and O–H groups in total. The van der Waals surface area contributed by atoms with Gasteiger partial charge in [0, 0.05) is 0 Å². The van der Waals surface area contributed by atoms with Gasteiger partial charge in [-0.25, -0.2) is 9.82 Å². The Morgan fingerprint density at radius 3 is 2.55 bits per heavy atom. The van der Waals surface area contributed by atoms with E-state index in [-0.39, 0.29) is 11.9 Å². The maximum Gasteiger partial charge on any atom is 0.137 e. The van der Waals surface area contributed by atoms with Gasteiger partial charge in [-0.15, -0.1) is 0 Å². The van der Waals surface area contributed by atoms with Gasteiger partial charge >= 0.3 is 0 Å². The fourth-order valence-corrected chi connectivity index (χ4v) is 2.55. The Labute approximate surface area is 126 Å². The minimum Gasteiger partial charge on any atom is -0.497 e. The first-order valence-corrected chi connectivity index (χ1v) is 6.91. The SMILES string of the molecule is COc1ccc(C(NN)c2ccc(F)c(Br)c2)c(C)c1. The van der Waals surface area contributed by atoms with Crippen molar-refractivity contribution < 1.29 is 9.13 Å². The molecule has 0 aliphatic heterocycles. The minimum absolute atomic E-state index is 0.210. The molecule has 2 rings (SSSR count). The van der Waals surface area contributed by atoms with Crippen molar-refractivity contribution in [3.63, 3.8) is 0 Å². The first-order valence-electron chi connectivity index (χ1n) is 6.12. The molecule has 0 saturated heterocycles. The molecule has 0 spiro atoms. The lowest BCUT2D eigenvalue weighted by atomic mass is 9.95. The van der Waals surface area contributed by atoms with Gasteiger partial charge in [0.2, 0.25) is 0 Å². The fraction of sp³-hybridized carbons (Fsp3) is 0.200. The number of nitrogens with one attached hydrogen (secondary N) is 1. The number of methoxy groups -OCH3 is 1. The summed E-state index contributed by atoms with van der Waals surface area (Å²) in [4.78, 5) is 0. The predicted molar refractivity (Wildman–Crippen MR) is 81.0 cm³/mol. The summed E-state index contributed by atoms with van der Waals surface area (Å²) in [5, 5.41) is 0. The Kier molecular flexibility index (Phi) is 4.75. The van der Waals surface area contributed by atoms with Gasteiger partial charge in [0.05, 0.1) is 17.6 Å². The number of ether oxygens (including phenoxy) is 1. The number of hydrogen-bond donors (Lipinski definition) is 2. The summed E-state index contributed by atoms with van der Waals surface area (Å²) in [7, 11) is 1.63. The smallest absolute Gasteiger partial charge is 0.137 e. The van der Waals surface area contributed by atoms with Crippen LogP contribution in [0.5, 0.6) is 5.75 Å². The van der Waals surface area contributed by atoms with Crippen molar-refractivity contribution >= 4 is 15.9 Å². The summed E-state index contributed by atoms with van der Waals surface area (Å²) in [6, 6.07) is 10.4. The van der Waals surface area contributed by atoms with Gasteiger partial charge in [-0.2, -0.15) is 0 Å². The molecule has 2 aromatic carbocycles. The summed E-state index contributed by atoms with van der Waals surface area (Å²) < 4.78 is 18.9. The van der Waals surface area contributed by atoms with Crippen molar-refractivity contribution in [2.24, 2.45) is 5.84 Å². The third-order valence-electron chi connectivity index (χ3n) is 3.23. The van der Waals surface area contributed by atoms with Gasteiger partial charge in [0.25, 0.3) is 0 Å². The molecule has 1 atom stereocenters. The van der Waals surface area contributed by atoms with Crippen LogP contribution in [0.25, 0.3) is 0 Å². The Bertz CT molecular complexity index is 619. The summed E-state index contributed by atoms with van der Waals surface area (Å²) in [5.41, 5.74) is 5.73. The molecule has 106 valence electrons. The Morgan fingerprint density at radius 1 is 1.25 bits per heavy atom. The van der Waals surface area contributed by atoms with E-state index in [1.165, 1.54) is 6.07 Å². The molecule has 0 saturated carbocycles. The summed E-state index contributed by atoms with van der Waals surface area (Å²) in [5.74, 6) is 6.17. The van der Waals surface area contributed by atoms with Crippen LogP contribution in [-0.4, -0.2) is 7.11 Å². The molecule has 0 amide bonds. The number of halogens is 2. The van der Waals surface area contributed by atoms with E-state index in [0.717, 1.165) is 22.4 Å². The molecule has 1 unspecified atom stereocenters. The first kappa shape index (κ1) is 15.0. The second-order valence-electron chi connectivity index (χ2n) is 4.50. The molecule has 0 fully saturated rings. The molecule has 0 bridgehead atoms. The van der Waals surface area contributed by atoms with E-state index in [0.29, 0.717) is 4.47 Å². The average molecular weight is 339 g/mol. The quantitative estimate of drug-likeness (QED) is 0.663. The zero-order valence-electron chi connectivity index (χ0n) is 11.3.